The predicted octanol–water partition coefficient (Wildman–Crippen LogP) is 11.7. The second-order valence-corrected chi connectivity index (χ2v) is 14.1. The predicted molar refractivity (Wildman–Crippen MR) is 187 cm³/mol. The van der Waals surface area contributed by atoms with Crippen molar-refractivity contribution in [1.82, 2.24) is 0 Å². The molecule has 1 nitrogen and oxygen atoms in total. The molecule has 0 bridgehead atoms. The van der Waals surface area contributed by atoms with Crippen molar-refractivity contribution in [3.05, 3.63) is 161 Å². The van der Waals surface area contributed by atoms with Gasteiger partial charge in [-0.15, -0.1) is 0 Å². The van der Waals surface area contributed by atoms with Crippen LogP contribution >= 0.6 is 11.8 Å². The summed E-state index contributed by atoms with van der Waals surface area (Å²) in [6, 6.07) is 49.9. The van der Waals surface area contributed by atoms with Crippen LogP contribution < -0.4 is 4.90 Å². The summed E-state index contributed by atoms with van der Waals surface area (Å²) >= 11 is 1.86. The Morgan fingerprint density at radius 2 is 0.955 bits per heavy atom. The van der Waals surface area contributed by atoms with Crippen molar-refractivity contribution in [2.75, 3.05) is 4.90 Å². The minimum absolute atomic E-state index is 0.0796. The van der Waals surface area contributed by atoms with Crippen LogP contribution in [0.15, 0.2) is 143 Å². The first-order valence-corrected chi connectivity index (χ1v) is 16.3. The molecular formula is C42H35NS. The maximum Gasteiger partial charge on any atom is 0.0601 e. The number of para-hydroxylation sites is 2. The van der Waals surface area contributed by atoms with E-state index in [1.54, 1.807) is 0 Å². The molecule has 0 fully saturated rings. The summed E-state index contributed by atoms with van der Waals surface area (Å²) in [7, 11) is 0. The van der Waals surface area contributed by atoms with Crippen molar-refractivity contribution in [2.45, 2.75) is 48.8 Å². The second-order valence-electron chi connectivity index (χ2n) is 13.0. The van der Waals surface area contributed by atoms with E-state index in [9.17, 15) is 0 Å². The van der Waals surface area contributed by atoms with E-state index in [4.69, 9.17) is 0 Å². The summed E-state index contributed by atoms with van der Waals surface area (Å²) in [6.07, 6.45) is 1.76. The topological polar surface area (TPSA) is 3.24 Å². The van der Waals surface area contributed by atoms with Crippen LogP contribution in [0.25, 0.3) is 22.3 Å². The van der Waals surface area contributed by atoms with Gasteiger partial charge in [0.2, 0.25) is 0 Å². The normalized spacial score (nSPS) is 13.5. The van der Waals surface area contributed by atoms with Crippen molar-refractivity contribution in [3.8, 4) is 22.3 Å². The maximum atomic E-state index is 2.46. The molecule has 8 rings (SSSR count). The third-order valence-corrected chi connectivity index (χ3v) is 10.3. The van der Waals surface area contributed by atoms with Crippen LogP contribution in [0.1, 0.15) is 48.6 Å². The highest BCUT2D eigenvalue weighted by molar-refractivity contribution is 7.99. The molecule has 214 valence electrons. The Labute approximate surface area is 265 Å². The summed E-state index contributed by atoms with van der Waals surface area (Å²) in [6.45, 7) is 6.93. The SMILES string of the molecule is CC(C)(C)c1ccc2c(c1)Cc1ccccc1-c1ccccc1Cc1cc(N3c4ccccc4Sc4ccccc43)ccc1-2. The first kappa shape index (κ1) is 27.0. The highest BCUT2D eigenvalue weighted by atomic mass is 32.2. The Morgan fingerprint density at radius 3 is 1.55 bits per heavy atom. The summed E-state index contributed by atoms with van der Waals surface area (Å²) < 4.78 is 0. The van der Waals surface area contributed by atoms with Crippen LogP contribution in [0.4, 0.5) is 17.1 Å². The Balaban J connectivity index is 1.37. The summed E-state index contributed by atoms with van der Waals surface area (Å²) in [5.41, 5.74) is 16.0. The average Bonchev–Trinajstić information content (AvgIpc) is 3.04. The zero-order chi connectivity index (χ0) is 29.8. The molecule has 0 atom stereocenters. The lowest BCUT2D eigenvalue weighted by molar-refractivity contribution is 0.589. The van der Waals surface area contributed by atoms with Gasteiger partial charge in [-0.1, -0.05) is 130 Å². The molecule has 2 aliphatic rings. The van der Waals surface area contributed by atoms with E-state index in [1.807, 2.05) is 11.8 Å². The fraction of sp³-hybridized carbons (Fsp3) is 0.143. The number of anilines is 3. The van der Waals surface area contributed by atoms with Gasteiger partial charge < -0.3 is 4.90 Å². The van der Waals surface area contributed by atoms with E-state index in [2.05, 4.69) is 159 Å². The maximum absolute atomic E-state index is 2.46. The van der Waals surface area contributed by atoms with E-state index in [0.29, 0.717) is 0 Å². The lowest BCUT2D eigenvalue weighted by atomic mass is 9.80. The molecule has 1 heterocycles. The molecule has 0 amide bonds. The number of benzene rings is 6. The minimum atomic E-state index is 0.0796. The average molecular weight is 586 g/mol. The second kappa shape index (κ2) is 10.6. The molecular weight excluding hydrogens is 551 g/mol. The van der Waals surface area contributed by atoms with Gasteiger partial charge in [0.25, 0.3) is 0 Å². The highest BCUT2D eigenvalue weighted by Gasteiger charge is 2.26. The first-order valence-electron chi connectivity index (χ1n) is 15.5. The molecule has 0 spiro atoms. The molecule has 6 aromatic carbocycles. The van der Waals surface area contributed by atoms with E-state index >= 15 is 0 Å². The van der Waals surface area contributed by atoms with Crippen molar-refractivity contribution in [1.29, 1.82) is 0 Å². The zero-order valence-electron chi connectivity index (χ0n) is 25.5. The number of hydrogen-bond donors (Lipinski definition) is 0. The zero-order valence-corrected chi connectivity index (χ0v) is 26.3. The Bertz CT molecular complexity index is 2000. The fourth-order valence-corrected chi connectivity index (χ4v) is 7.92. The Morgan fingerprint density at radius 1 is 0.477 bits per heavy atom. The Kier molecular flexibility index (Phi) is 6.50. The molecule has 2 heteroatoms. The molecule has 0 saturated carbocycles. The molecule has 0 saturated heterocycles. The third kappa shape index (κ3) is 4.66. The lowest BCUT2D eigenvalue weighted by Crippen LogP contribution is -2.15. The first-order chi connectivity index (χ1) is 21.4. The van der Waals surface area contributed by atoms with E-state index in [1.165, 1.54) is 76.9 Å². The van der Waals surface area contributed by atoms with Crippen molar-refractivity contribution < 1.29 is 0 Å². The van der Waals surface area contributed by atoms with Crippen molar-refractivity contribution in [2.24, 2.45) is 0 Å². The molecule has 6 aromatic rings. The molecule has 0 N–H and O–H groups in total. The van der Waals surface area contributed by atoms with Gasteiger partial charge in [-0.05, 0) is 105 Å². The summed E-state index contributed by atoms with van der Waals surface area (Å²) in [4.78, 5) is 5.02. The largest absolute Gasteiger partial charge is 0.308 e. The summed E-state index contributed by atoms with van der Waals surface area (Å²) in [5.74, 6) is 0. The third-order valence-electron chi connectivity index (χ3n) is 9.13. The van der Waals surface area contributed by atoms with Gasteiger partial charge >= 0.3 is 0 Å². The van der Waals surface area contributed by atoms with Crippen LogP contribution in [0.5, 0.6) is 0 Å². The smallest absolute Gasteiger partial charge is 0.0601 e. The highest BCUT2D eigenvalue weighted by Crippen LogP contribution is 2.52. The molecule has 0 aromatic heterocycles. The minimum Gasteiger partial charge on any atom is -0.308 e. The molecule has 44 heavy (non-hydrogen) atoms. The fourth-order valence-electron chi connectivity index (χ4n) is 6.87. The Hall–Kier alpha value is -4.53. The van der Waals surface area contributed by atoms with Gasteiger partial charge in [0, 0.05) is 15.5 Å². The number of fused-ring (bicyclic) bond motifs is 8. The van der Waals surface area contributed by atoms with Gasteiger partial charge in [0.05, 0.1) is 11.4 Å². The molecule has 1 aliphatic carbocycles. The van der Waals surface area contributed by atoms with E-state index in [0.717, 1.165) is 12.8 Å². The standard InChI is InChI=1S/C42H35NS/c1-42(2,3)32-20-22-36-30(26-32)24-28-12-4-6-14-34(28)35-15-7-5-13-29(35)25-31-27-33(21-23-37(31)36)43-38-16-8-10-18-40(38)44-41-19-11-9-17-39(41)43/h4-23,26-27H,24-25H2,1-3H3. The molecule has 1 aliphatic heterocycles. The quantitative estimate of drug-likeness (QED) is 0.188. The van der Waals surface area contributed by atoms with Crippen LogP contribution in [0, 0.1) is 0 Å². The number of rotatable bonds is 1. The van der Waals surface area contributed by atoms with Crippen LogP contribution in [-0.4, -0.2) is 0 Å². The van der Waals surface area contributed by atoms with Crippen LogP contribution in [-0.2, 0) is 18.3 Å². The van der Waals surface area contributed by atoms with E-state index < -0.39 is 0 Å². The number of nitrogens with zero attached hydrogens (tertiary/aromatic N) is 1. The van der Waals surface area contributed by atoms with Gasteiger partial charge in [-0.2, -0.15) is 0 Å². The van der Waals surface area contributed by atoms with Gasteiger partial charge in [0.15, 0.2) is 0 Å². The van der Waals surface area contributed by atoms with Crippen LogP contribution in [0.2, 0.25) is 0 Å². The number of hydrogen-bond acceptors (Lipinski definition) is 2. The van der Waals surface area contributed by atoms with Crippen molar-refractivity contribution in [3.63, 3.8) is 0 Å². The van der Waals surface area contributed by atoms with Gasteiger partial charge in [-0.25, -0.2) is 0 Å². The molecule has 0 radical (unpaired) electrons. The molecule has 0 unspecified atom stereocenters. The van der Waals surface area contributed by atoms with Crippen LogP contribution in [0.3, 0.4) is 0 Å². The van der Waals surface area contributed by atoms with Gasteiger partial charge in [-0.3, -0.25) is 0 Å². The van der Waals surface area contributed by atoms with E-state index in [-0.39, 0.29) is 5.41 Å². The monoisotopic (exact) mass is 585 g/mol. The van der Waals surface area contributed by atoms with Crippen molar-refractivity contribution >= 4 is 28.8 Å². The lowest BCUT2D eigenvalue weighted by Gasteiger charge is -2.33. The summed E-state index contributed by atoms with van der Waals surface area (Å²) in [5, 5.41) is 0. The van der Waals surface area contributed by atoms with Gasteiger partial charge in [0.1, 0.15) is 0 Å².